The Labute approximate surface area is 108 Å². The van der Waals surface area contributed by atoms with Crippen molar-refractivity contribution in [2.75, 3.05) is 19.6 Å². The normalized spacial score (nSPS) is 9.17. The highest BCUT2D eigenvalue weighted by molar-refractivity contribution is 5.67. The van der Waals surface area contributed by atoms with Crippen molar-refractivity contribution < 1.29 is 19.8 Å². The van der Waals surface area contributed by atoms with E-state index in [1.807, 2.05) is 6.08 Å². The number of carboxylic acids is 2. The molecule has 0 bridgehead atoms. The van der Waals surface area contributed by atoms with Crippen LogP contribution in [0.3, 0.4) is 0 Å². The Bertz CT molecular complexity index is 216. The molecule has 0 atom stereocenters. The minimum atomic E-state index is -0.870. The molecule has 5 N–H and O–H groups in total. The number of hydrogen-bond acceptors (Lipinski definition) is 4. The van der Waals surface area contributed by atoms with E-state index in [4.69, 9.17) is 15.9 Å². The molecule has 6 nitrogen and oxygen atoms in total. The van der Waals surface area contributed by atoms with E-state index < -0.39 is 11.9 Å². The van der Waals surface area contributed by atoms with Gasteiger partial charge in [0.25, 0.3) is 0 Å². The van der Waals surface area contributed by atoms with Crippen LogP contribution < -0.4 is 11.1 Å². The monoisotopic (exact) mass is 260 g/mol. The van der Waals surface area contributed by atoms with Crippen molar-refractivity contribution in [3.05, 3.63) is 12.7 Å². The number of rotatable bonds is 10. The Balaban J connectivity index is 0. The van der Waals surface area contributed by atoms with Gasteiger partial charge in [0.05, 0.1) is 0 Å². The second kappa shape index (κ2) is 15.6. The van der Waals surface area contributed by atoms with E-state index in [1.165, 1.54) is 0 Å². The number of unbranched alkanes of at least 4 members (excludes halogenated alkanes) is 1. The zero-order valence-corrected chi connectivity index (χ0v) is 10.7. The molecular formula is C12H24N2O4. The molecule has 6 heteroatoms. The predicted molar refractivity (Wildman–Crippen MR) is 70.5 cm³/mol. The minimum absolute atomic E-state index is 0.0628. The number of hydrogen-bond donors (Lipinski definition) is 4. The van der Waals surface area contributed by atoms with Gasteiger partial charge in [-0.05, 0) is 32.4 Å². The van der Waals surface area contributed by atoms with Crippen molar-refractivity contribution in [2.45, 2.75) is 32.1 Å². The van der Waals surface area contributed by atoms with E-state index in [0.717, 1.165) is 26.1 Å². The standard InChI is InChI=1S/C6H14N2.C6H10O4/c1-2-5-8-6-3-4-7;7-5(8)3-1-2-4-6(9)10/h2,8H,1,3-7H2;1-4H2,(H,7,8)(H,9,10). The van der Waals surface area contributed by atoms with Crippen LogP contribution >= 0.6 is 0 Å². The van der Waals surface area contributed by atoms with Crippen LogP contribution in [0.1, 0.15) is 32.1 Å². The van der Waals surface area contributed by atoms with Gasteiger partial charge in [-0.15, -0.1) is 6.58 Å². The van der Waals surface area contributed by atoms with Gasteiger partial charge < -0.3 is 21.3 Å². The molecule has 0 aliphatic rings. The maximum Gasteiger partial charge on any atom is 0.303 e. The summed E-state index contributed by atoms with van der Waals surface area (Å²) >= 11 is 0. The molecule has 0 amide bonds. The van der Waals surface area contributed by atoms with E-state index in [9.17, 15) is 9.59 Å². The average Bonchev–Trinajstić information content (AvgIpc) is 2.31. The summed E-state index contributed by atoms with van der Waals surface area (Å²) in [6.07, 6.45) is 3.91. The molecule has 18 heavy (non-hydrogen) atoms. The molecule has 0 radical (unpaired) electrons. The summed E-state index contributed by atoms with van der Waals surface area (Å²) in [4.78, 5) is 19.8. The third-order valence-corrected chi connectivity index (χ3v) is 1.88. The second-order valence-corrected chi connectivity index (χ2v) is 3.63. The van der Waals surface area contributed by atoms with Gasteiger partial charge in [0.2, 0.25) is 0 Å². The summed E-state index contributed by atoms with van der Waals surface area (Å²) in [6.45, 7) is 6.22. The van der Waals surface area contributed by atoms with Gasteiger partial charge >= 0.3 is 11.9 Å². The van der Waals surface area contributed by atoms with Gasteiger partial charge in [-0.2, -0.15) is 0 Å². The van der Waals surface area contributed by atoms with E-state index in [0.29, 0.717) is 12.8 Å². The maximum absolute atomic E-state index is 9.90. The van der Waals surface area contributed by atoms with Crippen molar-refractivity contribution in [1.82, 2.24) is 5.32 Å². The van der Waals surface area contributed by atoms with E-state index in [-0.39, 0.29) is 12.8 Å². The fraction of sp³-hybridized carbons (Fsp3) is 0.667. The molecule has 0 spiro atoms. The third kappa shape index (κ3) is 24.0. The Kier molecular flexibility index (Phi) is 16.4. The fourth-order valence-electron chi connectivity index (χ4n) is 0.984. The average molecular weight is 260 g/mol. The summed E-state index contributed by atoms with van der Waals surface area (Å²) in [5.74, 6) is -1.74. The number of carbonyl (C=O) groups is 2. The molecule has 0 aromatic carbocycles. The number of aliphatic carboxylic acids is 2. The number of nitrogens with one attached hydrogen (secondary N) is 1. The van der Waals surface area contributed by atoms with E-state index in [2.05, 4.69) is 11.9 Å². The number of nitrogens with two attached hydrogens (primary N) is 1. The van der Waals surface area contributed by atoms with Crippen molar-refractivity contribution in [2.24, 2.45) is 5.73 Å². The van der Waals surface area contributed by atoms with Gasteiger partial charge in [-0.3, -0.25) is 9.59 Å². The first-order valence-electron chi connectivity index (χ1n) is 5.99. The van der Waals surface area contributed by atoms with Crippen molar-refractivity contribution in [3.63, 3.8) is 0 Å². The topological polar surface area (TPSA) is 113 Å². The van der Waals surface area contributed by atoms with Crippen LogP contribution in [0.25, 0.3) is 0 Å². The molecule has 0 aromatic rings. The molecule has 0 rings (SSSR count). The SMILES string of the molecule is C=CCNCCCN.O=C(O)CCCCC(=O)O. The van der Waals surface area contributed by atoms with Crippen LogP contribution in [0.2, 0.25) is 0 Å². The van der Waals surface area contributed by atoms with Crippen LogP contribution in [0.4, 0.5) is 0 Å². The molecule has 0 aliphatic heterocycles. The lowest BCUT2D eigenvalue weighted by Gasteiger charge is -1.96. The fourth-order valence-corrected chi connectivity index (χ4v) is 0.984. The van der Waals surface area contributed by atoms with Crippen LogP contribution in [0.15, 0.2) is 12.7 Å². The Morgan fingerprint density at radius 1 is 1.11 bits per heavy atom. The zero-order valence-electron chi connectivity index (χ0n) is 10.7. The lowest BCUT2D eigenvalue weighted by atomic mass is 10.2. The van der Waals surface area contributed by atoms with Gasteiger partial charge in [0.1, 0.15) is 0 Å². The molecule has 0 fully saturated rings. The lowest BCUT2D eigenvalue weighted by Crippen LogP contribution is -2.17. The summed E-state index contributed by atoms with van der Waals surface area (Å²) < 4.78 is 0. The highest BCUT2D eigenvalue weighted by Crippen LogP contribution is 1.98. The molecule has 0 aromatic heterocycles. The molecule has 0 saturated carbocycles. The maximum atomic E-state index is 9.90. The second-order valence-electron chi connectivity index (χ2n) is 3.63. The first-order chi connectivity index (χ1) is 8.54. The summed E-state index contributed by atoms with van der Waals surface area (Å²) in [5.41, 5.74) is 5.24. The van der Waals surface area contributed by atoms with Crippen LogP contribution in [-0.2, 0) is 9.59 Å². The zero-order chi connectivity index (χ0) is 14.2. The Morgan fingerprint density at radius 3 is 1.94 bits per heavy atom. The van der Waals surface area contributed by atoms with Crippen LogP contribution in [0, 0.1) is 0 Å². The van der Waals surface area contributed by atoms with E-state index >= 15 is 0 Å². The molecule has 0 unspecified atom stereocenters. The summed E-state index contributed by atoms with van der Waals surface area (Å²) in [5, 5.41) is 19.4. The van der Waals surface area contributed by atoms with Crippen molar-refractivity contribution in [1.29, 1.82) is 0 Å². The van der Waals surface area contributed by atoms with Gasteiger partial charge in [-0.25, -0.2) is 0 Å². The quantitative estimate of drug-likeness (QED) is 0.342. The third-order valence-electron chi connectivity index (χ3n) is 1.88. The molecule has 0 aliphatic carbocycles. The smallest absolute Gasteiger partial charge is 0.303 e. The van der Waals surface area contributed by atoms with Crippen molar-refractivity contribution in [3.8, 4) is 0 Å². The molecule has 0 heterocycles. The van der Waals surface area contributed by atoms with Crippen LogP contribution in [-0.4, -0.2) is 41.8 Å². The number of carboxylic acid groups (broad SMARTS) is 2. The van der Waals surface area contributed by atoms with Crippen LogP contribution in [0.5, 0.6) is 0 Å². The molecule has 0 saturated heterocycles. The Morgan fingerprint density at radius 2 is 1.61 bits per heavy atom. The van der Waals surface area contributed by atoms with Gasteiger partial charge in [0.15, 0.2) is 0 Å². The summed E-state index contributed by atoms with van der Waals surface area (Å²) in [7, 11) is 0. The van der Waals surface area contributed by atoms with Gasteiger partial charge in [0, 0.05) is 19.4 Å². The van der Waals surface area contributed by atoms with Crippen molar-refractivity contribution >= 4 is 11.9 Å². The highest BCUT2D eigenvalue weighted by Gasteiger charge is 1.99. The lowest BCUT2D eigenvalue weighted by molar-refractivity contribution is -0.139. The van der Waals surface area contributed by atoms with Gasteiger partial charge in [-0.1, -0.05) is 6.08 Å². The molecule has 106 valence electrons. The first-order valence-corrected chi connectivity index (χ1v) is 5.99. The molecular weight excluding hydrogens is 236 g/mol. The first kappa shape index (κ1) is 19.0. The summed E-state index contributed by atoms with van der Waals surface area (Å²) in [6, 6.07) is 0. The largest absolute Gasteiger partial charge is 0.481 e. The minimum Gasteiger partial charge on any atom is -0.481 e. The Hall–Kier alpha value is -1.40. The predicted octanol–water partition coefficient (Wildman–Crippen LogP) is 0.827. The van der Waals surface area contributed by atoms with E-state index in [1.54, 1.807) is 0 Å². The highest BCUT2D eigenvalue weighted by atomic mass is 16.4.